The number of carbonyl (C=O) groups excluding carboxylic acids is 1. The van der Waals surface area contributed by atoms with E-state index in [0.717, 1.165) is 11.3 Å². The summed E-state index contributed by atoms with van der Waals surface area (Å²) < 4.78 is 4.77. The molecule has 0 aliphatic carbocycles. The molecule has 2 rings (SSSR count). The van der Waals surface area contributed by atoms with Gasteiger partial charge in [0.1, 0.15) is 0 Å². The van der Waals surface area contributed by atoms with Gasteiger partial charge in [-0.05, 0) is 0 Å². The van der Waals surface area contributed by atoms with Crippen LogP contribution in [0.15, 0.2) is 10.9 Å². The summed E-state index contributed by atoms with van der Waals surface area (Å²) in [5, 5.41) is 13.7. The van der Waals surface area contributed by atoms with Crippen molar-refractivity contribution in [1.82, 2.24) is 25.7 Å². The first-order valence-electron chi connectivity index (χ1n) is 4.38. The first-order valence-corrected chi connectivity index (χ1v) is 5.20. The molecule has 9 heteroatoms. The molecule has 2 aromatic heterocycles. The highest BCUT2D eigenvalue weighted by molar-refractivity contribution is 7.16. The predicted molar refractivity (Wildman–Crippen MR) is 54.7 cm³/mol. The SMILES string of the molecule is Nc1nnc(C(=O)NCCc2ncno2)s1. The number of aromatic nitrogens is 4. The molecule has 0 atom stereocenters. The smallest absolute Gasteiger partial charge is 0.282 e. The average Bonchev–Trinajstić information content (AvgIpc) is 2.89. The molecule has 1 amide bonds. The Hall–Kier alpha value is -2.03. The maximum absolute atomic E-state index is 11.5. The van der Waals surface area contributed by atoms with Crippen LogP contribution >= 0.6 is 11.3 Å². The number of nitrogens with zero attached hydrogens (tertiary/aromatic N) is 4. The highest BCUT2D eigenvalue weighted by atomic mass is 32.1. The second-order valence-electron chi connectivity index (χ2n) is 2.79. The first-order chi connectivity index (χ1) is 7.75. The number of amides is 1. The van der Waals surface area contributed by atoms with Crippen molar-refractivity contribution in [2.75, 3.05) is 12.3 Å². The van der Waals surface area contributed by atoms with Crippen LogP contribution in [0.1, 0.15) is 15.7 Å². The van der Waals surface area contributed by atoms with Crippen LogP contribution in [0.3, 0.4) is 0 Å². The lowest BCUT2D eigenvalue weighted by molar-refractivity contribution is 0.0952. The zero-order valence-corrected chi connectivity index (χ0v) is 8.90. The van der Waals surface area contributed by atoms with Crippen molar-refractivity contribution in [1.29, 1.82) is 0 Å². The van der Waals surface area contributed by atoms with Gasteiger partial charge in [0.15, 0.2) is 6.33 Å². The van der Waals surface area contributed by atoms with Crippen LogP contribution < -0.4 is 11.1 Å². The third-order valence-corrected chi connectivity index (χ3v) is 2.42. The monoisotopic (exact) mass is 240 g/mol. The van der Waals surface area contributed by atoms with Gasteiger partial charge in [-0.3, -0.25) is 4.79 Å². The second kappa shape index (κ2) is 4.66. The van der Waals surface area contributed by atoms with E-state index in [2.05, 4.69) is 25.7 Å². The molecule has 0 saturated carbocycles. The molecule has 0 unspecified atom stereocenters. The fraction of sp³-hybridized carbons (Fsp3) is 0.286. The van der Waals surface area contributed by atoms with Crippen molar-refractivity contribution in [2.24, 2.45) is 0 Å². The van der Waals surface area contributed by atoms with E-state index in [4.69, 9.17) is 10.3 Å². The molecule has 0 aromatic carbocycles. The molecule has 0 fully saturated rings. The lowest BCUT2D eigenvalue weighted by atomic mass is 10.4. The number of rotatable bonds is 4. The van der Waals surface area contributed by atoms with E-state index in [0.29, 0.717) is 18.9 Å². The Morgan fingerprint density at radius 2 is 2.44 bits per heavy atom. The molecule has 0 bridgehead atoms. The van der Waals surface area contributed by atoms with Gasteiger partial charge in [-0.2, -0.15) is 4.98 Å². The minimum Gasteiger partial charge on any atom is -0.374 e. The van der Waals surface area contributed by atoms with Crippen molar-refractivity contribution in [3.05, 3.63) is 17.2 Å². The van der Waals surface area contributed by atoms with Crippen molar-refractivity contribution >= 4 is 22.4 Å². The van der Waals surface area contributed by atoms with Gasteiger partial charge in [0, 0.05) is 13.0 Å². The van der Waals surface area contributed by atoms with Crippen LogP contribution in [0.2, 0.25) is 0 Å². The Bertz CT molecular complexity index is 467. The highest BCUT2D eigenvalue weighted by Gasteiger charge is 2.11. The average molecular weight is 240 g/mol. The van der Waals surface area contributed by atoms with Gasteiger partial charge in [-0.1, -0.05) is 16.5 Å². The summed E-state index contributed by atoms with van der Waals surface area (Å²) >= 11 is 1.04. The van der Waals surface area contributed by atoms with Gasteiger partial charge in [-0.25, -0.2) is 0 Å². The second-order valence-corrected chi connectivity index (χ2v) is 3.80. The highest BCUT2D eigenvalue weighted by Crippen LogP contribution is 2.10. The van der Waals surface area contributed by atoms with E-state index in [1.807, 2.05) is 0 Å². The number of anilines is 1. The Morgan fingerprint density at radius 1 is 1.56 bits per heavy atom. The zero-order chi connectivity index (χ0) is 11.4. The van der Waals surface area contributed by atoms with Crippen LogP contribution in [-0.2, 0) is 6.42 Å². The predicted octanol–water partition coefficient (Wildman–Crippen LogP) is -0.524. The standard InChI is InChI=1S/C7H8N6O2S/c8-7-13-12-6(16-7)5(14)9-2-1-4-10-3-11-15-4/h3H,1-2H2,(H2,8,13)(H,9,14). The Balaban J connectivity index is 1.80. The fourth-order valence-corrected chi connectivity index (χ4v) is 1.52. The maximum atomic E-state index is 11.5. The van der Waals surface area contributed by atoms with Crippen LogP contribution in [0.4, 0.5) is 5.13 Å². The van der Waals surface area contributed by atoms with Crippen LogP contribution in [0.5, 0.6) is 0 Å². The van der Waals surface area contributed by atoms with Crippen molar-refractivity contribution in [3.8, 4) is 0 Å². The van der Waals surface area contributed by atoms with Crippen molar-refractivity contribution < 1.29 is 9.32 Å². The van der Waals surface area contributed by atoms with Gasteiger partial charge in [0.25, 0.3) is 5.91 Å². The van der Waals surface area contributed by atoms with E-state index in [-0.39, 0.29) is 16.0 Å². The van der Waals surface area contributed by atoms with Crippen LogP contribution in [0, 0.1) is 0 Å². The molecule has 0 saturated heterocycles. The number of nitrogens with one attached hydrogen (secondary N) is 1. The van der Waals surface area contributed by atoms with E-state index in [1.165, 1.54) is 6.33 Å². The summed E-state index contributed by atoms with van der Waals surface area (Å²) in [6.45, 7) is 0.389. The number of nitrogen functional groups attached to an aromatic ring is 1. The van der Waals surface area contributed by atoms with Gasteiger partial charge in [0.05, 0.1) is 0 Å². The third-order valence-electron chi connectivity index (χ3n) is 1.67. The van der Waals surface area contributed by atoms with Crippen LogP contribution in [-0.4, -0.2) is 32.8 Å². The van der Waals surface area contributed by atoms with Crippen molar-refractivity contribution in [3.63, 3.8) is 0 Å². The molecule has 16 heavy (non-hydrogen) atoms. The van der Waals surface area contributed by atoms with Crippen molar-refractivity contribution in [2.45, 2.75) is 6.42 Å². The maximum Gasteiger partial charge on any atom is 0.282 e. The summed E-state index contributed by atoms with van der Waals surface area (Å²) in [5.41, 5.74) is 5.35. The summed E-state index contributed by atoms with van der Waals surface area (Å²) in [6, 6.07) is 0. The van der Waals surface area contributed by atoms with E-state index >= 15 is 0 Å². The molecule has 8 nitrogen and oxygen atoms in total. The minimum atomic E-state index is -0.311. The number of carbonyl (C=O) groups is 1. The molecule has 0 radical (unpaired) electrons. The van der Waals surface area contributed by atoms with Gasteiger partial charge in [0.2, 0.25) is 16.0 Å². The Kier molecular flexibility index (Phi) is 3.05. The summed E-state index contributed by atoms with van der Waals surface area (Å²) in [7, 11) is 0. The number of nitrogens with two attached hydrogens (primary N) is 1. The molecule has 3 N–H and O–H groups in total. The molecule has 0 aliphatic rings. The van der Waals surface area contributed by atoms with E-state index in [9.17, 15) is 4.79 Å². The van der Waals surface area contributed by atoms with E-state index in [1.54, 1.807) is 0 Å². The largest absolute Gasteiger partial charge is 0.374 e. The quantitative estimate of drug-likeness (QED) is 0.737. The van der Waals surface area contributed by atoms with Gasteiger partial charge in [-0.15, -0.1) is 10.2 Å². The molecule has 2 aromatic rings. The Morgan fingerprint density at radius 3 is 3.06 bits per heavy atom. The minimum absolute atomic E-state index is 0.239. The third kappa shape index (κ3) is 2.51. The first kappa shape index (κ1) is 10.5. The molecule has 2 heterocycles. The van der Waals surface area contributed by atoms with Gasteiger partial charge >= 0.3 is 0 Å². The fourth-order valence-electron chi connectivity index (χ4n) is 0.991. The molecular weight excluding hydrogens is 232 g/mol. The summed E-state index contributed by atoms with van der Waals surface area (Å²) in [6.07, 6.45) is 1.78. The zero-order valence-electron chi connectivity index (χ0n) is 8.08. The number of hydrogen-bond acceptors (Lipinski definition) is 8. The molecule has 0 spiro atoms. The summed E-state index contributed by atoms with van der Waals surface area (Å²) in [5.74, 6) is 0.158. The van der Waals surface area contributed by atoms with Gasteiger partial charge < -0.3 is 15.6 Å². The lowest BCUT2D eigenvalue weighted by Crippen LogP contribution is -2.25. The number of hydrogen-bond donors (Lipinski definition) is 2. The molecule has 0 aliphatic heterocycles. The Labute approximate surface area is 93.9 Å². The van der Waals surface area contributed by atoms with Crippen LogP contribution in [0.25, 0.3) is 0 Å². The normalized spacial score (nSPS) is 10.2. The van der Waals surface area contributed by atoms with E-state index < -0.39 is 0 Å². The lowest BCUT2D eigenvalue weighted by Gasteiger charge is -1.98. The summed E-state index contributed by atoms with van der Waals surface area (Å²) in [4.78, 5) is 15.3. The molecular formula is C7H8N6O2S. The molecule has 84 valence electrons. The topological polar surface area (TPSA) is 120 Å².